The number of rotatable bonds is 6. The molecular weight excluding hydrogens is 407 g/mol. The first-order valence-corrected chi connectivity index (χ1v) is 10.6. The highest BCUT2D eigenvalue weighted by Gasteiger charge is 2.34. The third kappa shape index (κ3) is 4.38. The van der Waals surface area contributed by atoms with Crippen LogP contribution >= 0.6 is 0 Å². The van der Waals surface area contributed by atoms with Crippen LogP contribution in [0.3, 0.4) is 0 Å². The molecule has 0 saturated heterocycles. The van der Waals surface area contributed by atoms with E-state index in [1.807, 2.05) is 24.5 Å². The molecule has 2 atom stereocenters. The van der Waals surface area contributed by atoms with Crippen molar-refractivity contribution >= 4 is 0 Å². The van der Waals surface area contributed by atoms with Crippen molar-refractivity contribution in [3.8, 4) is 11.1 Å². The van der Waals surface area contributed by atoms with Crippen LogP contribution in [0.1, 0.15) is 30.5 Å². The molecule has 0 spiro atoms. The third-order valence-corrected chi connectivity index (χ3v) is 6.13. The average molecular weight is 435 g/mol. The first-order chi connectivity index (χ1) is 15.4. The predicted molar refractivity (Wildman–Crippen MR) is 122 cm³/mol. The van der Waals surface area contributed by atoms with Gasteiger partial charge < -0.3 is 19.3 Å². The van der Waals surface area contributed by atoms with Crippen LogP contribution in [-0.2, 0) is 17.4 Å². The van der Waals surface area contributed by atoms with E-state index in [1.54, 1.807) is 29.8 Å². The Bertz CT molecular complexity index is 1150. The lowest BCUT2D eigenvalue weighted by Crippen LogP contribution is -2.39. The van der Waals surface area contributed by atoms with Gasteiger partial charge in [-0.15, -0.1) is 0 Å². The van der Waals surface area contributed by atoms with E-state index in [1.165, 1.54) is 12.1 Å². The molecule has 1 aliphatic rings. The SMILES string of the molecule is C[C@@H](c1ccc(-c2ccc(=O)n(C)c2)cc1)N1C=C[C@@](CCO)(c2ccc(F)cc2)OC1. The number of nitrogens with zero attached hydrogens (tertiary/aromatic N) is 2. The fourth-order valence-electron chi connectivity index (χ4n) is 4.03. The maximum Gasteiger partial charge on any atom is 0.250 e. The van der Waals surface area contributed by atoms with Gasteiger partial charge >= 0.3 is 0 Å². The topological polar surface area (TPSA) is 54.7 Å². The summed E-state index contributed by atoms with van der Waals surface area (Å²) in [5.41, 5.74) is 3.17. The van der Waals surface area contributed by atoms with E-state index in [4.69, 9.17) is 4.74 Å². The van der Waals surface area contributed by atoms with Crippen molar-refractivity contribution < 1.29 is 14.2 Å². The van der Waals surface area contributed by atoms with Gasteiger partial charge in [0.1, 0.15) is 18.1 Å². The molecule has 0 fully saturated rings. The van der Waals surface area contributed by atoms with Gasteiger partial charge in [0.2, 0.25) is 5.56 Å². The Kier molecular flexibility index (Phi) is 6.26. The first-order valence-electron chi connectivity index (χ1n) is 10.6. The molecule has 166 valence electrons. The molecule has 3 aromatic rings. The van der Waals surface area contributed by atoms with Crippen molar-refractivity contribution in [2.45, 2.75) is 25.0 Å². The van der Waals surface area contributed by atoms with Gasteiger partial charge in [-0.3, -0.25) is 4.79 Å². The minimum absolute atomic E-state index is 0.0335. The molecule has 0 bridgehead atoms. The summed E-state index contributed by atoms with van der Waals surface area (Å²) < 4.78 is 21.2. The second-order valence-corrected chi connectivity index (χ2v) is 8.14. The zero-order valence-electron chi connectivity index (χ0n) is 18.2. The summed E-state index contributed by atoms with van der Waals surface area (Å²) in [5.74, 6) is -0.302. The molecule has 6 heteroatoms. The number of aromatic nitrogens is 1. The number of halogens is 1. The molecule has 5 nitrogen and oxygen atoms in total. The highest BCUT2D eigenvalue weighted by Crippen LogP contribution is 2.36. The lowest BCUT2D eigenvalue weighted by molar-refractivity contribution is -0.0919. The van der Waals surface area contributed by atoms with Crippen LogP contribution in [0.25, 0.3) is 11.1 Å². The third-order valence-electron chi connectivity index (χ3n) is 6.13. The molecule has 1 aromatic heterocycles. The van der Waals surface area contributed by atoms with Crippen LogP contribution in [0.15, 0.2) is 83.9 Å². The predicted octanol–water partition coefficient (Wildman–Crippen LogP) is 4.33. The highest BCUT2D eigenvalue weighted by molar-refractivity contribution is 5.62. The van der Waals surface area contributed by atoms with Gasteiger partial charge in [0, 0.05) is 38.5 Å². The number of pyridine rings is 1. The molecule has 0 saturated carbocycles. The maximum atomic E-state index is 13.4. The second-order valence-electron chi connectivity index (χ2n) is 8.14. The molecule has 1 N–H and O–H groups in total. The number of aliphatic hydroxyl groups is 1. The number of ether oxygens (including phenoxy) is 1. The van der Waals surface area contributed by atoms with Crippen LogP contribution in [0.2, 0.25) is 0 Å². The minimum atomic E-state index is -0.772. The Morgan fingerprint density at radius 3 is 2.34 bits per heavy atom. The summed E-state index contributed by atoms with van der Waals surface area (Å²) in [6, 6.07) is 17.9. The Labute approximate surface area is 187 Å². The number of hydrogen-bond donors (Lipinski definition) is 1. The van der Waals surface area contributed by atoms with Crippen LogP contribution in [0, 0.1) is 5.82 Å². The maximum absolute atomic E-state index is 13.4. The van der Waals surface area contributed by atoms with Gasteiger partial charge in [0.05, 0.1) is 6.04 Å². The van der Waals surface area contributed by atoms with Crippen molar-refractivity contribution in [1.29, 1.82) is 0 Å². The minimum Gasteiger partial charge on any atom is -0.396 e. The van der Waals surface area contributed by atoms with Crippen molar-refractivity contribution in [2.24, 2.45) is 7.05 Å². The van der Waals surface area contributed by atoms with E-state index in [0.717, 1.165) is 22.3 Å². The van der Waals surface area contributed by atoms with Crippen molar-refractivity contribution in [2.75, 3.05) is 13.3 Å². The molecule has 1 aliphatic heterocycles. The van der Waals surface area contributed by atoms with Crippen LogP contribution in [-0.4, -0.2) is 27.9 Å². The van der Waals surface area contributed by atoms with Crippen LogP contribution in [0.4, 0.5) is 4.39 Å². The zero-order valence-corrected chi connectivity index (χ0v) is 18.2. The van der Waals surface area contributed by atoms with Gasteiger partial charge in [0.25, 0.3) is 0 Å². The molecular formula is C26H27FN2O3. The molecule has 0 aliphatic carbocycles. The molecule has 0 unspecified atom stereocenters. The molecule has 2 aromatic carbocycles. The van der Waals surface area contributed by atoms with E-state index in [2.05, 4.69) is 36.1 Å². The highest BCUT2D eigenvalue weighted by atomic mass is 19.1. The van der Waals surface area contributed by atoms with Crippen molar-refractivity contribution in [3.05, 3.63) is 106 Å². The lowest BCUT2D eigenvalue weighted by atomic mass is 9.89. The summed E-state index contributed by atoms with van der Waals surface area (Å²) in [4.78, 5) is 13.7. The van der Waals surface area contributed by atoms with E-state index in [9.17, 15) is 14.3 Å². The van der Waals surface area contributed by atoms with Crippen LogP contribution < -0.4 is 5.56 Å². The van der Waals surface area contributed by atoms with E-state index in [0.29, 0.717) is 13.2 Å². The molecule has 2 heterocycles. The quantitative estimate of drug-likeness (QED) is 0.627. The first kappa shape index (κ1) is 22.0. The Balaban J connectivity index is 1.52. The van der Waals surface area contributed by atoms with Crippen molar-refractivity contribution in [1.82, 2.24) is 9.47 Å². The fraction of sp³-hybridized carbons (Fsp3) is 0.269. The number of hydrogen-bond acceptors (Lipinski definition) is 4. The average Bonchev–Trinajstić information content (AvgIpc) is 2.81. The Morgan fingerprint density at radius 1 is 1.06 bits per heavy atom. The van der Waals surface area contributed by atoms with E-state index >= 15 is 0 Å². The molecule has 0 amide bonds. The molecule has 0 radical (unpaired) electrons. The summed E-state index contributed by atoms with van der Waals surface area (Å²) in [7, 11) is 1.74. The fourth-order valence-corrected chi connectivity index (χ4v) is 4.03. The normalized spacial score (nSPS) is 19.2. The summed E-state index contributed by atoms with van der Waals surface area (Å²) in [6.45, 7) is 2.41. The van der Waals surface area contributed by atoms with E-state index < -0.39 is 5.60 Å². The van der Waals surface area contributed by atoms with Crippen molar-refractivity contribution in [3.63, 3.8) is 0 Å². The second kappa shape index (κ2) is 9.10. The van der Waals surface area contributed by atoms with Gasteiger partial charge in [0.15, 0.2) is 0 Å². The summed E-state index contributed by atoms with van der Waals surface area (Å²) in [5, 5.41) is 9.58. The monoisotopic (exact) mass is 434 g/mol. The number of aliphatic hydroxyl groups excluding tert-OH is 1. The number of aryl methyl sites for hydroxylation is 1. The van der Waals surface area contributed by atoms with Gasteiger partial charge in [-0.2, -0.15) is 0 Å². The van der Waals surface area contributed by atoms with E-state index in [-0.39, 0.29) is 24.0 Å². The summed E-state index contributed by atoms with van der Waals surface area (Å²) >= 11 is 0. The Hall–Kier alpha value is -3.22. The van der Waals surface area contributed by atoms with Crippen LogP contribution in [0.5, 0.6) is 0 Å². The lowest BCUT2D eigenvalue weighted by Gasteiger charge is -2.40. The standard InChI is InChI=1S/C26H27FN2O3/c1-19(20-3-5-21(6-4-20)22-7-12-25(31)28(2)17-22)29-15-13-26(14-16-30,32-18-29)23-8-10-24(27)11-9-23/h3-13,15,17,19,30H,14,16,18H2,1-2H3/t19-,26+/m0/s1. The molecule has 4 rings (SSSR count). The zero-order chi connectivity index (χ0) is 22.7. The summed E-state index contributed by atoms with van der Waals surface area (Å²) in [6.07, 6.45) is 6.16. The van der Waals surface area contributed by atoms with Gasteiger partial charge in [-0.25, -0.2) is 4.39 Å². The number of benzene rings is 2. The smallest absolute Gasteiger partial charge is 0.250 e. The largest absolute Gasteiger partial charge is 0.396 e. The van der Waals surface area contributed by atoms with Gasteiger partial charge in [-0.05, 0) is 53.5 Å². The Morgan fingerprint density at radius 2 is 1.75 bits per heavy atom. The molecule has 32 heavy (non-hydrogen) atoms. The van der Waals surface area contributed by atoms with Gasteiger partial charge in [-0.1, -0.05) is 36.4 Å².